The molecule has 0 unspecified atom stereocenters. The normalized spacial score (nSPS) is 26.2. The van der Waals surface area contributed by atoms with Gasteiger partial charge in [-0.25, -0.2) is 0 Å². The van der Waals surface area contributed by atoms with E-state index in [0.29, 0.717) is 11.8 Å². The number of rotatable bonds is 4. The molecule has 0 bridgehead atoms. The molecular formula is C10H8N2O5. The van der Waals surface area contributed by atoms with Crippen molar-refractivity contribution in [2.45, 2.75) is 12.0 Å². The van der Waals surface area contributed by atoms with Gasteiger partial charge >= 0.3 is 0 Å². The molecule has 1 aromatic rings. The maximum Gasteiger partial charge on any atom is 0.269 e. The third-order valence-electron chi connectivity index (χ3n) is 2.93. The quantitative estimate of drug-likeness (QED) is 0.443. The molecule has 1 aromatic carbocycles. The van der Waals surface area contributed by atoms with E-state index >= 15 is 0 Å². The molecule has 0 aromatic heterocycles. The Morgan fingerprint density at radius 2 is 1.71 bits per heavy atom. The molecule has 2 rings (SSSR count). The van der Waals surface area contributed by atoms with Gasteiger partial charge in [0.15, 0.2) is 0 Å². The lowest BCUT2D eigenvalue weighted by atomic mass is 10.1. The fourth-order valence-corrected chi connectivity index (χ4v) is 1.99. The van der Waals surface area contributed by atoms with Gasteiger partial charge in [0.25, 0.3) is 5.69 Å². The van der Waals surface area contributed by atoms with E-state index in [-0.39, 0.29) is 5.69 Å². The molecule has 0 heterocycles. The number of nitrogens with zero attached hydrogens (tertiary/aromatic N) is 2. The summed E-state index contributed by atoms with van der Waals surface area (Å²) in [5.41, 5.74) is 0.518. The Bertz CT molecular complexity index is 484. The lowest BCUT2D eigenvalue weighted by Crippen LogP contribution is -2.05. The maximum absolute atomic E-state index is 10.6. The Hall–Kier alpha value is -2.31. The van der Waals surface area contributed by atoms with Crippen molar-refractivity contribution in [2.24, 2.45) is 5.92 Å². The van der Waals surface area contributed by atoms with Gasteiger partial charge in [0.05, 0.1) is 16.8 Å². The number of carbonyl (C=O) groups is 1. The summed E-state index contributed by atoms with van der Waals surface area (Å²) < 4.78 is 0. The highest BCUT2D eigenvalue weighted by Gasteiger charge is 2.61. The lowest BCUT2D eigenvalue weighted by Gasteiger charge is -1.96. The topological polar surface area (TPSA) is 103 Å². The van der Waals surface area contributed by atoms with Crippen molar-refractivity contribution in [3.63, 3.8) is 0 Å². The Labute approximate surface area is 95.4 Å². The van der Waals surface area contributed by atoms with Crippen LogP contribution in [0.3, 0.4) is 0 Å². The molecule has 0 N–H and O–H groups in total. The first-order chi connectivity index (χ1) is 8.06. The standard InChI is InChI=1S/C10H8N2O5/c13-5-8-9(10(8)12(16)17)6-1-3-7(4-2-6)11(14)15/h1-5,8-10H/t8-,9-,10-/m1/s1. The zero-order chi connectivity index (χ0) is 12.6. The van der Waals surface area contributed by atoms with Gasteiger partial charge in [-0.15, -0.1) is 0 Å². The minimum atomic E-state index is -0.894. The van der Waals surface area contributed by atoms with Crippen molar-refractivity contribution in [1.29, 1.82) is 0 Å². The van der Waals surface area contributed by atoms with Crippen molar-refractivity contribution >= 4 is 12.0 Å². The fourth-order valence-electron chi connectivity index (χ4n) is 1.99. The van der Waals surface area contributed by atoms with E-state index in [1.807, 2.05) is 0 Å². The van der Waals surface area contributed by atoms with Gasteiger partial charge in [-0.05, 0) is 5.56 Å². The van der Waals surface area contributed by atoms with Crippen LogP contribution >= 0.6 is 0 Å². The van der Waals surface area contributed by atoms with Crippen LogP contribution in [0.5, 0.6) is 0 Å². The first-order valence-electron chi connectivity index (χ1n) is 4.89. The second-order valence-electron chi connectivity index (χ2n) is 3.86. The van der Waals surface area contributed by atoms with Gasteiger partial charge in [-0.1, -0.05) is 12.1 Å². The van der Waals surface area contributed by atoms with E-state index in [9.17, 15) is 25.0 Å². The summed E-state index contributed by atoms with van der Waals surface area (Å²) in [5, 5.41) is 21.1. The van der Waals surface area contributed by atoms with Crippen molar-refractivity contribution in [1.82, 2.24) is 0 Å². The number of aldehydes is 1. The number of nitro benzene ring substituents is 1. The number of hydrogen-bond donors (Lipinski definition) is 0. The molecule has 0 saturated heterocycles. The molecule has 17 heavy (non-hydrogen) atoms. The Morgan fingerprint density at radius 1 is 1.12 bits per heavy atom. The van der Waals surface area contributed by atoms with Crippen molar-refractivity contribution in [2.75, 3.05) is 0 Å². The minimum absolute atomic E-state index is 0.0743. The Kier molecular flexibility index (Phi) is 2.58. The summed E-state index contributed by atoms with van der Waals surface area (Å²) in [4.78, 5) is 30.7. The molecule has 1 aliphatic rings. The lowest BCUT2D eigenvalue weighted by molar-refractivity contribution is -0.498. The predicted octanol–water partition coefficient (Wildman–Crippen LogP) is 1.15. The highest BCUT2D eigenvalue weighted by Crippen LogP contribution is 2.48. The summed E-state index contributed by atoms with van der Waals surface area (Å²) in [7, 11) is 0. The van der Waals surface area contributed by atoms with Crippen molar-refractivity contribution in [3.8, 4) is 0 Å². The fraction of sp³-hybridized carbons (Fsp3) is 0.300. The van der Waals surface area contributed by atoms with Crippen LogP contribution in [-0.2, 0) is 4.79 Å². The number of benzene rings is 1. The van der Waals surface area contributed by atoms with Crippen LogP contribution in [0.25, 0.3) is 0 Å². The largest absolute Gasteiger partial charge is 0.303 e. The number of non-ortho nitro benzene ring substituents is 1. The third kappa shape index (κ3) is 1.86. The molecule has 0 amide bonds. The number of carbonyl (C=O) groups excluding carboxylic acids is 1. The van der Waals surface area contributed by atoms with Crippen LogP contribution in [0.15, 0.2) is 24.3 Å². The van der Waals surface area contributed by atoms with Crippen LogP contribution in [-0.4, -0.2) is 22.2 Å². The molecule has 0 aliphatic heterocycles. The zero-order valence-electron chi connectivity index (χ0n) is 8.55. The number of hydrogen-bond acceptors (Lipinski definition) is 5. The third-order valence-corrected chi connectivity index (χ3v) is 2.93. The highest BCUT2D eigenvalue weighted by atomic mass is 16.6. The summed E-state index contributed by atoms with van der Waals surface area (Å²) in [6, 6.07) is 4.60. The van der Waals surface area contributed by atoms with Crippen LogP contribution in [0.2, 0.25) is 0 Å². The van der Waals surface area contributed by atoms with Gasteiger partial charge in [0, 0.05) is 17.1 Å². The molecule has 0 spiro atoms. The summed E-state index contributed by atoms with van der Waals surface area (Å²) >= 11 is 0. The van der Waals surface area contributed by atoms with Crippen molar-refractivity contribution < 1.29 is 14.6 Å². The zero-order valence-corrected chi connectivity index (χ0v) is 8.55. The average Bonchev–Trinajstić information content (AvgIpc) is 3.03. The Balaban J connectivity index is 2.22. The van der Waals surface area contributed by atoms with E-state index in [1.54, 1.807) is 0 Å². The highest BCUT2D eigenvalue weighted by molar-refractivity contribution is 5.64. The first-order valence-corrected chi connectivity index (χ1v) is 4.89. The van der Waals surface area contributed by atoms with E-state index in [2.05, 4.69) is 0 Å². The van der Waals surface area contributed by atoms with Crippen LogP contribution < -0.4 is 0 Å². The molecule has 7 nitrogen and oxygen atoms in total. The van der Waals surface area contributed by atoms with Gasteiger partial charge < -0.3 is 4.79 Å². The van der Waals surface area contributed by atoms with E-state index in [1.165, 1.54) is 24.3 Å². The molecule has 1 aliphatic carbocycles. The molecule has 1 fully saturated rings. The monoisotopic (exact) mass is 236 g/mol. The van der Waals surface area contributed by atoms with Gasteiger partial charge in [0.2, 0.25) is 6.04 Å². The molecule has 1 saturated carbocycles. The Morgan fingerprint density at radius 3 is 2.06 bits per heavy atom. The van der Waals surface area contributed by atoms with E-state index in [0.717, 1.165) is 0 Å². The SMILES string of the molecule is O=C[C@@H]1[C@@H](c2ccc([N+](=O)[O-])cc2)[C@@H]1[N+](=O)[O-]. The van der Waals surface area contributed by atoms with Crippen LogP contribution in [0.4, 0.5) is 5.69 Å². The van der Waals surface area contributed by atoms with Crippen molar-refractivity contribution in [3.05, 3.63) is 50.1 Å². The second-order valence-corrected chi connectivity index (χ2v) is 3.86. The second kappa shape index (κ2) is 3.93. The summed E-state index contributed by atoms with van der Waals surface area (Å²) in [6.45, 7) is 0. The first kappa shape index (κ1) is 11.2. The van der Waals surface area contributed by atoms with Gasteiger partial charge in [-0.3, -0.25) is 20.2 Å². The molecule has 88 valence electrons. The molecule has 7 heteroatoms. The molecular weight excluding hydrogens is 228 g/mol. The van der Waals surface area contributed by atoms with Gasteiger partial charge in [-0.2, -0.15) is 0 Å². The van der Waals surface area contributed by atoms with E-state index < -0.39 is 27.7 Å². The van der Waals surface area contributed by atoms with Crippen LogP contribution in [0, 0.1) is 26.1 Å². The number of nitro groups is 2. The smallest absolute Gasteiger partial charge is 0.269 e. The summed E-state index contributed by atoms with van der Waals surface area (Å²) in [5.74, 6) is -1.07. The maximum atomic E-state index is 10.6. The predicted molar refractivity (Wildman–Crippen MR) is 56.2 cm³/mol. The minimum Gasteiger partial charge on any atom is -0.303 e. The average molecular weight is 236 g/mol. The molecule has 3 atom stereocenters. The van der Waals surface area contributed by atoms with Crippen LogP contribution in [0.1, 0.15) is 11.5 Å². The summed E-state index contributed by atoms with van der Waals surface area (Å²) in [6.07, 6.45) is 0.569. The van der Waals surface area contributed by atoms with E-state index in [4.69, 9.17) is 0 Å². The van der Waals surface area contributed by atoms with Gasteiger partial charge in [0.1, 0.15) is 6.29 Å². The molecule has 0 radical (unpaired) electrons.